The Morgan fingerprint density at radius 1 is 1.33 bits per heavy atom. The van der Waals surface area contributed by atoms with E-state index in [-0.39, 0.29) is 18.4 Å². The van der Waals surface area contributed by atoms with E-state index in [1.54, 1.807) is 24.3 Å². The summed E-state index contributed by atoms with van der Waals surface area (Å²) in [7, 11) is 0. The van der Waals surface area contributed by atoms with Gasteiger partial charge in [-0.3, -0.25) is 4.79 Å². The molecule has 5 nitrogen and oxygen atoms in total. The average molecular weight is 248 g/mol. The van der Waals surface area contributed by atoms with E-state index in [0.717, 1.165) is 0 Å². The lowest BCUT2D eigenvalue weighted by Crippen LogP contribution is -3.00. The van der Waals surface area contributed by atoms with E-state index >= 15 is 0 Å². The maximum absolute atomic E-state index is 11.4. The molecule has 0 saturated heterocycles. The number of guanidine groups is 1. The van der Waals surface area contributed by atoms with E-state index in [9.17, 15) is 4.79 Å². The largest absolute Gasteiger partial charge is 1.00 e. The zero-order valence-electron chi connectivity index (χ0n) is 7.58. The number of carbonyl (C=O) groups is 1. The molecule has 0 aromatic heterocycles. The number of halogens is 2. The van der Waals surface area contributed by atoms with Gasteiger partial charge in [-0.15, -0.1) is 5.10 Å². The number of hydrogen-bond acceptors (Lipinski definition) is 2. The molecule has 0 heterocycles. The predicted octanol–water partition coefficient (Wildman–Crippen LogP) is -2.74. The molecule has 0 aliphatic heterocycles. The fourth-order valence-electron chi connectivity index (χ4n) is 0.821. The highest BCUT2D eigenvalue weighted by Crippen LogP contribution is 2.14. The third-order valence-corrected chi connectivity index (χ3v) is 1.73. The molecule has 0 aliphatic carbocycles. The third-order valence-electron chi connectivity index (χ3n) is 1.41. The Hall–Kier alpha value is -1.46. The molecule has 82 valence electrons. The summed E-state index contributed by atoms with van der Waals surface area (Å²) in [5, 5.41) is 3.70. The fourth-order valence-corrected chi connectivity index (χ4v) is 1.04. The van der Waals surface area contributed by atoms with E-state index in [1.807, 2.05) is 0 Å². The first kappa shape index (κ1) is 13.5. The molecule has 1 rings (SSSR count). The lowest BCUT2D eigenvalue weighted by molar-refractivity contribution is -0.0000113. The molecular formula is C8H9Cl2N4O-. The molecule has 0 bridgehead atoms. The highest BCUT2D eigenvalue weighted by atomic mass is 35.5. The SMILES string of the molecule is NC(N)=NNC(=O)c1ccccc1Cl.[Cl-]. The van der Waals surface area contributed by atoms with Gasteiger partial charge in [0, 0.05) is 0 Å². The molecule has 0 aliphatic rings. The van der Waals surface area contributed by atoms with Gasteiger partial charge in [-0.2, -0.15) is 0 Å². The van der Waals surface area contributed by atoms with Gasteiger partial charge in [0.2, 0.25) is 5.96 Å². The molecule has 0 spiro atoms. The van der Waals surface area contributed by atoms with Crippen molar-refractivity contribution in [1.29, 1.82) is 0 Å². The van der Waals surface area contributed by atoms with Gasteiger partial charge in [-0.05, 0) is 12.1 Å². The predicted molar refractivity (Wildman–Crippen MR) is 54.7 cm³/mol. The number of rotatable bonds is 2. The summed E-state index contributed by atoms with van der Waals surface area (Å²) in [6.07, 6.45) is 0. The summed E-state index contributed by atoms with van der Waals surface area (Å²) in [6, 6.07) is 6.59. The van der Waals surface area contributed by atoms with Crippen LogP contribution in [0.25, 0.3) is 0 Å². The fraction of sp³-hybridized carbons (Fsp3) is 0. The van der Waals surface area contributed by atoms with E-state index < -0.39 is 5.91 Å². The van der Waals surface area contributed by atoms with Crippen molar-refractivity contribution in [2.24, 2.45) is 16.6 Å². The topological polar surface area (TPSA) is 93.5 Å². The van der Waals surface area contributed by atoms with Crippen molar-refractivity contribution in [2.45, 2.75) is 0 Å². The Balaban J connectivity index is 0.00000196. The molecule has 0 radical (unpaired) electrons. The molecule has 1 aromatic rings. The Kier molecular flexibility index (Phi) is 5.51. The minimum absolute atomic E-state index is 0. The van der Waals surface area contributed by atoms with Crippen molar-refractivity contribution >= 4 is 23.5 Å². The van der Waals surface area contributed by atoms with Gasteiger partial charge in [-0.25, -0.2) is 5.43 Å². The van der Waals surface area contributed by atoms with Crippen molar-refractivity contribution < 1.29 is 17.2 Å². The molecule has 0 atom stereocenters. The minimum Gasteiger partial charge on any atom is -1.00 e. The summed E-state index contributed by atoms with van der Waals surface area (Å²) >= 11 is 5.76. The molecule has 0 fully saturated rings. The maximum atomic E-state index is 11.4. The first-order valence-corrected chi connectivity index (χ1v) is 4.12. The quantitative estimate of drug-likeness (QED) is 0.301. The summed E-state index contributed by atoms with van der Waals surface area (Å²) < 4.78 is 0. The number of benzene rings is 1. The second-order valence-electron chi connectivity index (χ2n) is 2.46. The number of nitrogens with two attached hydrogens (primary N) is 2. The molecular weight excluding hydrogens is 239 g/mol. The normalized spacial score (nSPS) is 8.60. The zero-order valence-corrected chi connectivity index (χ0v) is 9.09. The molecule has 1 amide bonds. The van der Waals surface area contributed by atoms with Gasteiger partial charge in [-0.1, -0.05) is 23.7 Å². The second-order valence-corrected chi connectivity index (χ2v) is 2.86. The van der Waals surface area contributed by atoms with Gasteiger partial charge in [0.05, 0.1) is 10.6 Å². The van der Waals surface area contributed by atoms with Crippen LogP contribution < -0.4 is 29.3 Å². The highest BCUT2D eigenvalue weighted by Gasteiger charge is 2.07. The third kappa shape index (κ3) is 4.05. The monoisotopic (exact) mass is 247 g/mol. The van der Waals surface area contributed by atoms with E-state index in [0.29, 0.717) is 10.6 Å². The first-order chi connectivity index (χ1) is 6.61. The van der Waals surface area contributed by atoms with Gasteiger partial charge in [0.25, 0.3) is 5.91 Å². The van der Waals surface area contributed by atoms with Crippen LogP contribution in [0.15, 0.2) is 29.4 Å². The summed E-state index contributed by atoms with van der Waals surface area (Å²) in [5.41, 5.74) is 12.5. The molecule has 0 saturated carbocycles. The summed E-state index contributed by atoms with van der Waals surface area (Å²) in [5.74, 6) is -0.672. The van der Waals surface area contributed by atoms with E-state index in [1.165, 1.54) is 0 Å². The van der Waals surface area contributed by atoms with Crippen LogP contribution in [0.3, 0.4) is 0 Å². The Labute approximate surface area is 97.9 Å². The molecule has 15 heavy (non-hydrogen) atoms. The van der Waals surface area contributed by atoms with Crippen LogP contribution in [0.5, 0.6) is 0 Å². The number of hydrogen-bond donors (Lipinski definition) is 3. The average Bonchev–Trinajstić information content (AvgIpc) is 2.15. The van der Waals surface area contributed by atoms with E-state index in [4.69, 9.17) is 23.1 Å². The van der Waals surface area contributed by atoms with Gasteiger partial charge >= 0.3 is 0 Å². The van der Waals surface area contributed by atoms with Crippen LogP contribution >= 0.6 is 11.6 Å². The number of hydrazone groups is 1. The van der Waals surface area contributed by atoms with E-state index in [2.05, 4.69) is 10.5 Å². The van der Waals surface area contributed by atoms with Crippen molar-refractivity contribution in [3.05, 3.63) is 34.9 Å². The summed E-state index contributed by atoms with van der Waals surface area (Å²) in [6.45, 7) is 0. The van der Waals surface area contributed by atoms with Crippen LogP contribution in [0.4, 0.5) is 0 Å². The Morgan fingerprint density at radius 3 is 2.47 bits per heavy atom. The van der Waals surface area contributed by atoms with Gasteiger partial charge in [0.15, 0.2) is 0 Å². The summed E-state index contributed by atoms with van der Waals surface area (Å²) in [4.78, 5) is 11.4. The number of nitrogens with one attached hydrogen (secondary N) is 1. The first-order valence-electron chi connectivity index (χ1n) is 3.75. The lowest BCUT2D eigenvalue weighted by Gasteiger charge is -2.01. The number of carbonyl (C=O) groups excluding carboxylic acids is 1. The lowest BCUT2D eigenvalue weighted by atomic mass is 10.2. The highest BCUT2D eigenvalue weighted by molar-refractivity contribution is 6.33. The maximum Gasteiger partial charge on any atom is 0.272 e. The van der Waals surface area contributed by atoms with Crippen LogP contribution in [-0.2, 0) is 0 Å². The van der Waals surface area contributed by atoms with Crippen molar-refractivity contribution in [2.75, 3.05) is 0 Å². The van der Waals surface area contributed by atoms with Crippen molar-refractivity contribution in [1.82, 2.24) is 5.43 Å². The molecule has 7 heteroatoms. The van der Waals surface area contributed by atoms with Gasteiger partial charge in [0.1, 0.15) is 0 Å². The standard InChI is InChI=1S/C8H9ClN4O.ClH/c9-6-4-2-1-3-5(6)7(14)12-13-8(10)11;/h1-4H,(H,12,14)(H4,10,11,13);1H/p-1. The van der Waals surface area contributed by atoms with Crippen LogP contribution in [0.1, 0.15) is 10.4 Å². The van der Waals surface area contributed by atoms with Crippen molar-refractivity contribution in [3.8, 4) is 0 Å². The Bertz CT molecular complexity index is 377. The Morgan fingerprint density at radius 2 is 1.93 bits per heavy atom. The molecule has 1 aromatic carbocycles. The van der Waals surface area contributed by atoms with Gasteiger partial charge < -0.3 is 23.9 Å². The minimum atomic E-state index is -0.455. The zero-order chi connectivity index (χ0) is 10.6. The number of nitrogens with zero attached hydrogens (tertiary/aromatic N) is 1. The van der Waals surface area contributed by atoms with Crippen LogP contribution in [0.2, 0.25) is 5.02 Å². The second kappa shape index (κ2) is 6.10. The molecule has 0 unspecified atom stereocenters. The van der Waals surface area contributed by atoms with Crippen LogP contribution in [-0.4, -0.2) is 11.9 Å². The number of amides is 1. The molecule has 5 N–H and O–H groups in total. The smallest absolute Gasteiger partial charge is 0.272 e. The van der Waals surface area contributed by atoms with Crippen molar-refractivity contribution in [3.63, 3.8) is 0 Å². The van der Waals surface area contributed by atoms with Crippen LogP contribution in [0, 0.1) is 0 Å².